The monoisotopic (exact) mass is 517 g/mol. The minimum absolute atomic E-state index is 0.0757. The number of nitrogens with zero attached hydrogens (tertiary/aromatic N) is 1. The smallest absolute Gasteiger partial charge is 0.408 e. The van der Waals surface area contributed by atoms with Crippen LogP contribution in [0.5, 0.6) is 0 Å². The summed E-state index contributed by atoms with van der Waals surface area (Å²) in [6.45, 7) is 9.48. The molecule has 2 N–H and O–H groups in total. The molecule has 2 fully saturated rings. The highest BCUT2D eigenvalue weighted by atomic mass is 32.1. The Morgan fingerprint density at radius 1 is 1.11 bits per heavy atom. The van der Waals surface area contributed by atoms with Crippen LogP contribution in [0.4, 0.5) is 4.79 Å². The molecule has 1 aromatic carbocycles. The van der Waals surface area contributed by atoms with Gasteiger partial charge in [-0.1, -0.05) is 57.4 Å². The summed E-state index contributed by atoms with van der Waals surface area (Å²) >= 11 is 4.37. The number of benzene rings is 1. The van der Waals surface area contributed by atoms with E-state index in [0.29, 0.717) is 0 Å². The Morgan fingerprint density at radius 2 is 1.72 bits per heavy atom. The minimum Gasteiger partial charge on any atom is -0.444 e. The number of carbonyl (C=O) groups is 3. The van der Waals surface area contributed by atoms with Gasteiger partial charge in [-0.3, -0.25) is 9.59 Å². The van der Waals surface area contributed by atoms with Crippen molar-refractivity contribution in [1.29, 1.82) is 0 Å². The number of hydrogen-bond acceptors (Lipinski definition) is 5. The molecule has 0 aromatic heterocycles. The summed E-state index contributed by atoms with van der Waals surface area (Å²) < 4.78 is 5.38. The van der Waals surface area contributed by atoms with Crippen molar-refractivity contribution in [1.82, 2.24) is 15.5 Å². The van der Waals surface area contributed by atoms with E-state index in [1.54, 1.807) is 25.7 Å². The van der Waals surface area contributed by atoms with Crippen LogP contribution in [0.3, 0.4) is 0 Å². The van der Waals surface area contributed by atoms with Crippen molar-refractivity contribution < 1.29 is 19.1 Å². The van der Waals surface area contributed by atoms with Gasteiger partial charge in [-0.05, 0) is 63.5 Å². The zero-order chi connectivity index (χ0) is 26.5. The third-order valence-electron chi connectivity index (χ3n) is 7.03. The fourth-order valence-corrected chi connectivity index (χ4v) is 5.14. The van der Waals surface area contributed by atoms with E-state index < -0.39 is 23.8 Å². The van der Waals surface area contributed by atoms with Crippen LogP contribution < -0.4 is 10.6 Å². The van der Waals surface area contributed by atoms with Gasteiger partial charge >= 0.3 is 6.09 Å². The maximum atomic E-state index is 14.0. The molecule has 0 aliphatic heterocycles. The first-order valence-corrected chi connectivity index (χ1v) is 14.0. The van der Waals surface area contributed by atoms with Crippen LogP contribution in [0, 0.1) is 5.92 Å². The number of nitrogens with one attached hydrogen (secondary N) is 2. The second-order valence-corrected chi connectivity index (χ2v) is 11.6. The Labute approximate surface area is 221 Å². The van der Waals surface area contributed by atoms with Gasteiger partial charge in [0.05, 0.1) is 0 Å². The van der Waals surface area contributed by atoms with Gasteiger partial charge in [0.2, 0.25) is 11.8 Å². The Balaban J connectivity index is 1.92. The molecule has 2 aliphatic rings. The molecule has 4 unspecified atom stereocenters. The number of ether oxygens (including phenoxy) is 1. The van der Waals surface area contributed by atoms with Gasteiger partial charge in [0.1, 0.15) is 17.7 Å². The molecule has 1 aromatic rings. The third-order valence-corrected chi connectivity index (χ3v) is 7.40. The van der Waals surface area contributed by atoms with E-state index in [0.717, 1.165) is 44.1 Å². The fourth-order valence-electron chi connectivity index (χ4n) is 4.89. The Bertz CT molecular complexity index is 908. The number of amides is 3. The summed E-state index contributed by atoms with van der Waals surface area (Å²) in [6, 6.07) is 6.31. The Morgan fingerprint density at radius 3 is 2.22 bits per heavy atom. The van der Waals surface area contributed by atoms with Crippen molar-refractivity contribution in [3.63, 3.8) is 0 Å². The molecule has 200 valence electrons. The largest absolute Gasteiger partial charge is 0.444 e. The molecule has 0 radical (unpaired) electrons. The Hall–Kier alpha value is -2.22. The lowest BCUT2D eigenvalue weighted by Crippen LogP contribution is -2.55. The van der Waals surface area contributed by atoms with Crippen molar-refractivity contribution in [3.05, 3.63) is 35.4 Å². The second kappa shape index (κ2) is 12.3. The lowest BCUT2D eigenvalue weighted by Gasteiger charge is -2.36. The van der Waals surface area contributed by atoms with Crippen molar-refractivity contribution in [2.24, 2.45) is 5.92 Å². The fraction of sp³-hybridized carbons (Fsp3) is 0.679. The van der Waals surface area contributed by atoms with Crippen molar-refractivity contribution in [2.45, 2.75) is 109 Å². The lowest BCUT2D eigenvalue weighted by atomic mass is 9.94. The maximum Gasteiger partial charge on any atom is 0.408 e. The van der Waals surface area contributed by atoms with Crippen LogP contribution in [0.2, 0.25) is 0 Å². The standard InChI is InChI=1S/C28H43N3O4S/c1-6-19-12-14-20(15-13-19)24(25(32)29-21-10-8-7-9-11-21)31(23-16-18(23)2)26(33)22(17-36)30-27(34)35-28(3,4)5/h12-15,18,21-24,36H,6-11,16-17H2,1-5H3,(H,29,32)(H,30,34). The van der Waals surface area contributed by atoms with Crippen LogP contribution in [-0.4, -0.2) is 52.3 Å². The first kappa shape index (κ1) is 28.4. The highest BCUT2D eigenvalue weighted by molar-refractivity contribution is 7.80. The summed E-state index contributed by atoms with van der Waals surface area (Å²) in [5, 5.41) is 5.93. The summed E-state index contributed by atoms with van der Waals surface area (Å²) in [5.41, 5.74) is 1.26. The number of aryl methyl sites for hydroxylation is 1. The molecule has 8 heteroatoms. The molecule has 0 bridgehead atoms. The quantitative estimate of drug-likeness (QED) is 0.411. The molecule has 3 rings (SSSR count). The number of thiol groups is 1. The maximum absolute atomic E-state index is 14.0. The van der Waals surface area contributed by atoms with E-state index in [1.165, 1.54) is 12.0 Å². The van der Waals surface area contributed by atoms with Crippen molar-refractivity contribution >= 4 is 30.5 Å². The van der Waals surface area contributed by atoms with Crippen molar-refractivity contribution in [2.75, 3.05) is 5.75 Å². The third kappa shape index (κ3) is 7.64. The predicted octanol–water partition coefficient (Wildman–Crippen LogP) is 4.80. The van der Waals surface area contributed by atoms with Gasteiger partial charge in [-0.25, -0.2) is 4.79 Å². The molecular weight excluding hydrogens is 474 g/mol. The van der Waals surface area contributed by atoms with E-state index in [4.69, 9.17) is 4.74 Å². The lowest BCUT2D eigenvalue weighted by molar-refractivity contribution is -0.143. The van der Waals surface area contributed by atoms with E-state index in [-0.39, 0.29) is 35.6 Å². The summed E-state index contributed by atoms with van der Waals surface area (Å²) in [7, 11) is 0. The van der Waals surface area contributed by atoms with Gasteiger partial charge in [-0.2, -0.15) is 12.6 Å². The van der Waals surface area contributed by atoms with Gasteiger partial charge in [0.15, 0.2) is 0 Å². The summed E-state index contributed by atoms with van der Waals surface area (Å²) in [6.07, 6.45) is 6.35. The summed E-state index contributed by atoms with van der Waals surface area (Å²) in [5.74, 6) is -0.0974. The van der Waals surface area contributed by atoms with E-state index in [1.807, 2.05) is 24.3 Å². The van der Waals surface area contributed by atoms with Gasteiger partial charge in [0.25, 0.3) is 0 Å². The van der Waals surface area contributed by atoms with Gasteiger partial charge < -0.3 is 20.3 Å². The van der Waals surface area contributed by atoms with Gasteiger partial charge in [-0.15, -0.1) is 0 Å². The minimum atomic E-state index is -0.907. The molecule has 3 amide bonds. The molecule has 0 spiro atoms. The topological polar surface area (TPSA) is 87.7 Å². The predicted molar refractivity (Wildman–Crippen MR) is 145 cm³/mol. The Kier molecular flexibility index (Phi) is 9.72. The zero-order valence-electron chi connectivity index (χ0n) is 22.4. The molecule has 2 saturated carbocycles. The van der Waals surface area contributed by atoms with Crippen LogP contribution in [0.1, 0.15) is 90.3 Å². The normalized spacial score (nSPS) is 21.7. The molecule has 0 saturated heterocycles. The number of alkyl carbamates (subject to hydrolysis) is 1. The number of hydrogen-bond donors (Lipinski definition) is 3. The second-order valence-electron chi connectivity index (χ2n) is 11.2. The van der Waals surface area contributed by atoms with E-state index in [9.17, 15) is 14.4 Å². The first-order valence-electron chi connectivity index (χ1n) is 13.4. The molecule has 0 heterocycles. The van der Waals surface area contributed by atoms with Gasteiger partial charge in [0, 0.05) is 17.8 Å². The van der Waals surface area contributed by atoms with Crippen LogP contribution >= 0.6 is 12.6 Å². The van der Waals surface area contributed by atoms with Crippen LogP contribution in [0.15, 0.2) is 24.3 Å². The zero-order valence-corrected chi connectivity index (χ0v) is 23.3. The SMILES string of the molecule is CCc1ccc(C(C(=O)NC2CCCCC2)N(C(=O)C(CS)NC(=O)OC(C)(C)C)C2CC2C)cc1. The molecular formula is C28H43N3O4S. The average Bonchev–Trinajstić information content (AvgIpc) is 3.55. The highest BCUT2D eigenvalue weighted by Crippen LogP contribution is 2.41. The summed E-state index contributed by atoms with van der Waals surface area (Å²) in [4.78, 5) is 42.0. The van der Waals surface area contributed by atoms with E-state index >= 15 is 0 Å². The molecule has 7 nitrogen and oxygen atoms in total. The van der Waals surface area contributed by atoms with E-state index in [2.05, 4.69) is 37.1 Å². The molecule has 36 heavy (non-hydrogen) atoms. The molecule has 2 aliphatic carbocycles. The van der Waals surface area contributed by atoms with Crippen LogP contribution in [-0.2, 0) is 20.7 Å². The number of rotatable bonds is 9. The highest BCUT2D eigenvalue weighted by Gasteiger charge is 2.48. The first-order chi connectivity index (χ1) is 17.0. The molecule has 4 atom stereocenters. The number of carbonyl (C=O) groups excluding carboxylic acids is 3. The average molecular weight is 518 g/mol. The van der Waals surface area contributed by atoms with Crippen LogP contribution in [0.25, 0.3) is 0 Å². The van der Waals surface area contributed by atoms with Crippen molar-refractivity contribution in [3.8, 4) is 0 Å².